The maximum Gasteiger partial charge on any atom is 0.225 e. The Morgan fingerprint density at radius 2 is 2.13 bits per heavy atom. The molecule has 0 spiro atoms. The van der Waals surface area contributed by atoms with Crippen LogP contribution in [-0.4, -0.2) is 36.0 Å². The molecule has 0 radical (unpaired) electrons. The van der Waals surface area contributed by atoms with Crippen molar-refractivity contribution in [1.82, 2.24) is 10.2 Å². The summed E-state index contributed by atoms with van der Waals surface area (Å²) >= 11 is 0. The molecule has 4 nitrogen and oxygen atoms in total. The lowest BCUT2D eigenvalue weighted by molar-refractivity contribution is -0.130. The van der Waals surface area contributed by atoms with Crippen molar-refractivity contribution in [2.24, 2.45) is 0 Å². The van der Waals surface area contributed by atoms with E-state index in [0.29, 0.717) is 12.5 Å². The first kappa shape index (κ1) is 10.4. The monoisotopic (exact) mass is 207 g/mol. The van der Waals surface area contributed by atoms with Crippen LogP contribution in [-0.2, 0) is 4.79 Å². The van der Waals surface area contributed by atoms with E-state index in [4.69, 9.17) is 5.26 Å². The summed E-state index contributed by atoms with van der Waals surface area (Å²) in [6, 6.07) is 2.37. The van der Waals surface area contributed by atoms with Crippen LogP contribution in [0.2, 0.25) is 0 Å². The SMILES string of the molecule is N#CC(CC(=O)N1CCCC1)NC1CC1. The van der Waals surface area contributed by atoms with Crippen LogP contribution < -0.4 is 5.32 Å². The van der Waals surface area contributed by atoms with Crippen LogP contribution >= 0.6 is 0 Å². The van der Waals surface area contributed by atoms with Gasteiger partial charge in [-0.15, -0.1) is 0 Å². The summed E-state index contributed by atoms with van der Waals surface area (Å²) < 4.78 is 0. The second kappa shape index (κ2) is 4.63. The number of carbonyl (C=O) groups is 1. The number of rotatable bonds is 4. The number of hydrogen-bond donors (Lipinski definition) is 1. The number of nitrogens with zero attached hydrogens (tertiary/aromatic N) is 2. The highest BCUT2D eigenvalue weighted by atomic mass is 16.2. The zero-order chi connectivity index (χ0) is 10.7. The molecule has 1 N–H and O–H groups in total. The molecule has 1 amide bonds. The van der Waals surface area contributed by atoms with Gasteiger partial charge in [0.1, 0.15) is 6.04 Å². The van der Waals surface area contributed by atoms with Crippen LogP contribution in [0.4, 0.5) is 0 Å². The lowest BCUT2D eigenvalue weighted by Gasteiger charge is -2.17. The van der Waals surface area contributed by atoms with Crippen molar-refractivity contribution in [1.29, 1.82) is 5.26 Å². The highest BCUT2D eigenvalue weighted by Crippen LogP contribution is 2.20. The number of carbonyl (C=O) groups excluding carboxylic acids is 1. The second-order valence-corrected chi connectivity index (χ2v) is 4.41. The highest BCUT2D eigenvalue weighted by molar-refractivity contribution is 5.77. The predicted octanol–water partition coefficient (Wildman–Crippen LogP) is 0.643. The van der Waals surface area contributed by atoms with Crippen LogP contribution in [0.15, 0.2) is 0 Å². The van der Waals surface area contributed by atoms with E-state index in [-0.39, 0.29) is 11.9 Å². The van der Waals surface area contributed by atoms with Crippen LogP contribution in [0.1, 0.15) is 32.1 Å². The van der Waals surface area contributed by atoms with Crippen molar-refractivity contribution < 1.29 is 4.79 Å². The molecular formula is C11H17N3O. The molecule has 0 bridgehead atoms. The Balaban J connectivity index is 1.77. The highest BCUT2D eigenvalue weighted by Gasteiger charge is 2.27. The van der Waals surface area contributed by atoms with E-state index in [1.165, 1.54) is 0 Å². The molecule has 2 aliphatic rings. The minimum Gasteiger partial charge on any atom is -0.343 e. The molecule has 1 unspecified atom stereocenters. The van der Waals surface area contributed by atoms with Crippen molar-refractivity contribution in [3.63, 3.8) is 0 Å². The average molecular weight is 207 g/mol. The smallest absolute Gasteiger partial charge is 0.225 e. The van der Waals surface area contributed by atoms with Crippen molar-refractivity contribution in [3.8, 4) is 6.07 Å². The summed E-state index contributed by atoms with van der Waals surface area (Å²) in [5.41, 5.74) is 0. The molecular weight excluding hydrogens is 190 g/mol. The number of nitrogens with one attached hydrogen (secondary N) is 1. The summed E-state index contributed by atoms with van der Waals surface area (Å²) in [5, 5.41) is 12.1. The molecule has 2 rings (SSSR count). The number of hydrogen-bond acceptors (Lipinski definition) is 3. The normalized spacial score (nSPS) is 22.5. The van der Waals surface area contributed by atoms with Crippen molar-refractivity contribution in [2.75, 3.05) is 13.1 Å². The first-order valence-electron chi connectivity index (χ1n) is 5.73. The fourth-order valence-corrected chi connectivity index (χ4v) is 1.95. The largest absolute Gasteiger partial charge is 0.343 e. The number of amides is 1. The Hall–Kier alpha value is -1.08. The molecule has 0 aromatic heterocycles. The van der Waals surface area contributed by atoms with Gasteiger partial charge in [0.2, 0.25) is 5.91 Å². The average Bonchev–Trinajstić information content (AvgIpc) is 2.88. The quantitative estimate of drug-likeness (QED) is 0.736. The lowest BCUT2D eigenvalue weighted by Crippen LogP contribution is -2.37. The molecule has 1 saturated heterocycles. The third-order valence-electron chi connectivity index (χ3n) is 3.01. The molecule has 2 fully saturated rings. The Morgan fingerprint density at radius 3 is 2.67 bits per heavy atom. The molecule has 1 atom stereocenters. The van der Waals surface area contributed by atoms with Crippen LogP contribution in [0.5, 0.6) is 0 Å². The van der Waals surface area contributed by atoms with Crippen molar-refractivity contribution in [2.45, 2.75) is 44.2 Å². The molecule has 1 aliphatic carbocycles. The predicted molar refractivity (Wildman–Crippen MR) is 56.0 cm³/mol. The van der Waals surface area contributed by atoms with Gasteiger partial charge in [-0.05, 0) is 25.7 Å². The maximum atomic E-state index is 11.8. The Kier molecular flexibility index (Phi) is 3.22. The van der Waals surface area contributed by atoms with E-state index in [1.54, 1.807) is 0 Å². The van der Waals surface area contributed by atoms with E-state index in [0.717, 1.165) is 38.8 Å². The fourth-order valence-electron chi connectivity index (χ4n) is 1.95. The zero-order valence-corrected chi connectivity index (χ0v) is 8.91. The van der Waals surface area contributed by atoms with Gasteiger partial charge in [-0.1, -0.05) is 0 Å². The van der Waals surface area contributed by atoms with E-state index in [2.05, 4.69) is 11.4 Å². The first-order valence-corrected chi connectivity index (χ1v) is 5.73. The van der Waals surface area contributed by atoms with Gasteiger partial charge in [-0.2, -0.15) is 5.26 Å². The Bertz CT molecular complexity index is 274. The van der Waals surface area contributed by atoms with E-state index in [9.17, 15) is 4.79 Å². The number of likely N-dealkylation sites (tertiary alicyclic amines) is 1. The van der Waals surface area contributed by atoms with Gasteiger partial charge in [-0.3, -0.25) is 10.1 Å². The van der Waals surface area contributed by atoms with E-state index < -0.39 is 0 Å². The molecule has 1 aliphatic heterocycles. The minimum absolute atomic E-state index is 0.132. The topological polar surface area (TPSA) is 56.1 Å². The van der Waals surface area contributed by atoms with Gasteiger partial charge in [0.15, 0.2) is 0 Å². The minimum atomic E-state index is -0.286. The summed E-state index contributed by atoms with van der Waals surface area (Å²) in [6.45, 7) is 1.75. The van der Waals surface area contributed by atoms with Crippen molar-refractivity contribution in [3.05, 3.63) is 0 Å². The van der Waals surface area contributed by atoms with Gasteiger partial charge in [0.05, 0.1) is 12.5 Å². The van der Waals surface area contributed by atoms with Gasteiger partial charge in [0.25, 0.3) is 0 Å². The van der Waals surface area contributed by atoms with Gasteiger partial charge < -0.3 is 4.90 Å². The van der Waals surface area contributed by atoms with Crippen LogP contribution in [0.3, 0.4) is 0 Å². The summed E-state index contributed by atoms with van der Waals surface area (Å²) in [7, 11) is 0. The summed E-state index contributed by atoms with van der Waals surface area (Å²) in [4.78, 5) is 13.6. The van der Waals surface area contributed by atoms with Gasteiger partial charge >= 0.3 is 0 Å². The molecule has 0 aromatic carbocycles. The molecule has 82 valence electrons. The molecule has 1 heterocycles. The lowest BCUT2D eigenvalue weighted by atomic mass is 10.2. The first-order chi connectivity index (χ1) is 7.29. The number of nitriles is 1. The van der Waals surface area contributed by atoms with Gasteiger partial charge in [0, 0.05) is 19.1 Å². The maximum absolute atomic E-state index is 11.8. The van der Waals surface area contributed by atoms with E-state index >= 15 is 0 Å². The molecule has 0 aromatic rings. The second-order valence-electron chi connectivity index (χ2n) is 4.41. The fraction of sp³-hybridized carbons (Fsp3) is 0.818. The summed E-state index contributed by atoms with van der Waals surface area (Å²) in [5.74, 6) is 0.132. The van der Waals surface area contributed by atoms with Gasteiger partial charge in [-0.25, -0.2) is 0 Å². The molecule has 1 saturated carbocycles. The zero-order valence-electron chi connectivity index (χ0n) is 8.91. The molecule has 4 heteroatoms. The Labute approximate surface area is 90.2 Å². The Morgan fingerprint density at radius 1 is 1.47 bits per heavy atom. The van der Waals surface area contributed by atoms with Crippen LogP contribution in [0.25, 0.3) is 0 Å². The third-order valence-corrected chi connectivity index (χ3v) is 3.01. The summed E-state index contributed by atoms with van der Waals surface area (Å²) in [6.07, 6.45) is 4.86. The third kappa shape index (κ3) is 2.93. The van der Waals surface area contributed by atoms with Crippen LogP contribution in [0, 0.1) is 11.3 Å². The standard InChI is InChI=1S/C11H17N3O/c12-8-10(13-9-3-4-9)7-11(15)14-5-1-2-6-14/h9-10,13H,1-7H2. The van der Waals surface area contributed by atoms with E-state index in [1.807, 2.05) is 4.90 Å². The van der Waals surface area contributed by atoms with Crippen molar-refractivity contribution >= 4 is 5.91 Å². The molecule has 15 heavy (non-hydrogen) atoms.